The molecule has 0 aromatic heterocycles. The Labute approximate surface area is 137 Å². The second-order valence-corrected chi connectivity index (χ2v) is 8.92. The van der Waals surface area contributed by atoms with Crippen molar-refractivity contribution in [2.24, 2.45) is 5.41 Å². The first kappa shape index (κ1) is 18.4. The van der Waals surface area contributed by atoms with Crippen LogP contribution < -0.4 is 0 Å². The maximum absolute atomic E-state index is 4.63. The minimum absolute atomic E-state index is 0.149. The van der Waals surface area contributed by atoms with Crippen LogP contribution in [0.4, 0.5) is 0 Å². The van der Waals surface area contributed by atoms with Gasteiger partial charge < -0.3 is 0 Å². The van der Waals surface area contributed by atoms with Crippen molar-refractivity contribution in [1.29, 1.82) is 0 Å². The summed E-state index contributed by atoms with van der Waals surface area (Å²) in [4.78, 5) is 0. The van der Waals surface area contributed by atoms with Gasteiger partial charge in [0.15, 0.2) is 0 Å². The highest BCUT2D eigenvalue weighted by Crippen LogP contribution is 2.32. The highest BCUT2D eigenvalue weighted by Gasteiger charge is 2.21. The summed E-state index contributed by atoms with van der Waals surface area (Å²) in [5, 5.41) is 0. The lowest BCUT2D eigenvalue weighted by molar-refractivity contribution is 0.313. The van der Waals surface area contributed by atoms with Gasteiger partial charge >= 0.3 is 0 Å². The molecule has 0 aliphatic carbocycles. The van der Waals surface area contributed by atoms with Gasteiger partial charge in [0.25, 0.3) is 0 Å². The molecular weight excluding hydrogens is 272 g/mol. The summed E-state index contributed by atoms with van der Waals surface area (Å²) in [6.45, 7) is 13.4. The molecule has 0 fully saturated rings. The molecule has 0 heterocycles. The first-order chi connectivity index (χ1) is 9.63. The van der Waals surface area contributed by atoms with Crippen LogP contribution in [0.1, 0.15) is 70.6 Å². The van der Waals surface area contributed by atoms with Gasteiger partial charge in [-0.05, 0) is 49.7 Å². The molecule has 0 saturated carbocycles. The molecular formula is C20H32S. The molecule has 0 spiro atoms. The molecule has 0 bridgehead atoms. The zero-order chi connectivity index (χ0) is 16.1. The van der Waals surface area contributed by atoms with Crippen molar-refractivity contribution in [2.45, 2.75) is 72.0 Å². The van der Waals surface area contributed by atoms with Gasteiger partial charge in [-0.1, -0.05) is 70.0 Å². The summed E-state index contributed by atoms with van der Waals surface area (Å²) in [7, 11) is 0. The molecule has 0 amide bonds. The van der Waals surface area contributed by atoms with Crippen molar-refractivity contribution in [3.63, 3.8) is 0 Å². The number of benzene rings is 1. The molecule has 0 nitrogen and oxygen atoms in total. The fourth-order valence-corrected chi connectivity index (χ4v) is 2.97. The molecule has 0 aliphatic heterocycles. The number of allylic oxidation sites excluding steroid dienone is 1. The Morgan fingerprint density at radius 1 is 1.10 bits per heavy atom. The van der Waals surface area contributed by atoms with Gasteiger partial charge in [-0.3, -0.25) is 0 Å². The molecule has 118 valence electrons. The van der Waals surface area contributed by atoms with Gasteiger partial charge in [-0.15, -0.1) is 0 Å². The molecule has 0 unspecified atom stereocenters. The van der Waals surface area contributed by atoms with E-state index in [9.17, 15) is 0 Å². The van der Waals surface area contributed by atoms with E-state index in [2.05, 4.69) is 84.5 Å². The smallest absolute Gasteiger partial charge is 0.00731 e. The molecule has 21 heavy (non-hydrogen) atoms. The fourth-order valence-electron chi connectivity index (χ4n) is 2.81. The van der Waals surface area contributed by atoms with Crippen LogP contribution in [0.15, 0.2) is 24.3 Å². The minimum atomic E-state index is 0.149. The zero-order valence-electron chi connectivity index (χ0n) is 14.7. The Bertz CT molecular complexity index is 475. The van der Waals surface area contributed by atoms with Gasteiger partial charge in [-0.25, -0.2) is 0 Å². The quantitative estimate of drug-likeness (QED) is 0.548. The molecule has 0 radical (unpaired) electrons. The second kappa shape index (κ2) is 7.54. The first-order valence-electron chi connectivity index (χ1n) is 8.08. The first-order valence-corrected chi connectivity index (χ1v) is 8.52. The summed E-state index contributed by atoms with van der Waals surface area (Å²) in [5.74, 6) is 0. The Morgan fingerprint density at radius 2 is 1.76 bits per heavy atom. The topological polar surface area (TPSA) is 0 Å². The van der Waals surface area contributed by atoms with Crippen LogP contribution in [0.2, 0.25) is 0 Å². The Hall–Kier alpha value is -0.690. The normalized spacial score (nSPS) is 13.1. The van der Waals surface area contributed by atoms with Gasteiger partial charge in [0, 0.05) is 4.75 Å². The van der Waals surface area contributed by atoms with Crippen LogP contribution in [0.5, 0.6) is 0 Å². The lowest BCUT2D eigenvalue weighted by Gasteiger charge is -2.27. The average Bonchev–Trinajstić information content (AvgIpc) is 2.31. The van der Waals surface area contributed by atoms with Crippen LogP contribution in [-0.4, -0.2) is 4.75 Å². The third kappa shape index (κ3) is 7.22. The van der Waals surface area contributed by atoms with Crippen LogP contribution in [0.25, 0.3) is 6.08 Å². The zero-order valence-corrected chi connectivity index (χ0v) is 15.6. The highest BCUT2D eigenvalue weighted by molar-refractivity contribution is 7.81. The van der Waals surface area contributed by atoms with E-state index in [0.29, 0.717) is 5.41 Å². The Balaban J connectivity index is 2.74. The van der Waals surface area contributed by atoms with E-state index < -0.39 is 0 Å². The van der Waals surface area contributed by atoms with Gasteiger partial charge in [0.05, 0.1) is 0 Å². The van der Waals surface area contributed by atoms with E-state index in [4.69, 9.17) is 0 Å². The SMILES string of the molecule is C/C=C/c1cc(C)ccc1CC(C)(C)CCCC(C)(C)S. The van der Waals surface area contributed by atoms with Crippen molar-refractivity contribution < 1.29 is 0 Å². The Kier molecular flexibility index (Phi) is 6.59. The van der Waals surface area contributed by atoms with Crippen molar-refractivity contribution in [3.8, 4) is 0 Å². The maximum Gasteiger partial charge on any atom is 0.00731 e. The number of aryl methyl sites for hydroxylation is 1. The summed E-state index contributed by atoms with van der Waals surface area (Å²) in [6, 6.07) is 6.83. The minimum Gasteiger partial charge on any atom is -0.173 e. The van der Waals surface area contributed by atoms with Gasteiger partial charge in [-0.2, -0.15) is 12.6 Å². The lowest BCUT2D eigenvalue weighted by Crippen LogP contribution is -2.18. The van der Waals surface area contributed by atoms with Gasteiger partial charge in [0.1, 0.15) is 0 Å². The van der Waals surface area contributed by atoms with E-state index >= 15 is 0 Å². The van der Waals surface area contributed by atoms with Crippen molar-refractivity contribution >= 4 is 18.7 Å². The molecule has 1 aromatic rings. The standard InChI is InChI=1S/C20H32S/c1-7-9-17-14-16(2)10-11-18(17)15-19(3,4)12-8-13-20(5,6)21/h7,9-11,14,21H,8,12-13,15H2,1-6H3/b9-7+. The largest absolute Gasteiger partial charge is 0.173 e. The Morgan fingerprint density at radius 3 is 2.33 bits per heavy atom. The fraction of sp³-hybridized carbons (Fsp3) is 0.600. The van der Waals surface area contributed by atoms with E-state index in [1.165, 1.54) is 36.0 Å². The van der Waals surface area contributed by atoms with Crippen molar-refractivity contribution in [2.75, 3.05) is 0 Å². The summed E-state index contributed by atoms with van der Waals surface area (Å²) in [5.41, 5.74) is 4.51. The lowest BCUT2D eigenvalue weighted by atomic mass is 9.79. The van der Waals surface area contributed by atoms with Crippen LogP contribution in [0, 0.1) is 12.3 Å². The maximum atomic E-state index is 4.63. The number of hydrogen-bond acceptors (Lipinski definition) is 1. The van der Waals surface area contributed by atoms with Gasteiger partial charge in [0.2, 0.25) is 0 Å². The average molecular weight is 305 g/mol. The van der Waals surface area contributed by atoms with Crippen LogP contribution >= 0.6 is 12.6 Å². The molecule has 0 saturated heterocycles. The van der Waals surface area contributed by atoms with E-state index in [0.717, 1.165) is 6.42 Å². The highest BCUT2D eigenvalue weighted by atomic mass is 32.1. The third-order valence-corrected chi connectivity index (χ3v) is 4.18. The summed E-state index contributed by atoms with van der Waals surface area (Å²) < 4.78 is 0.149. The molecule has 0 aliphatic rings. The number of hydrogen-bond donors (Lipinski definition) is 1. The molecule has 1 heteroatoms. The van der Waals surface area contributed by atoms with Crippen LogP contribution in [0.3, 0.4) is 0 Å². The molecule has 0 atom stereocenters. The number of rotatable bonds is 7. The van der Waals surface area contributed by atoms with E-state index in [1.54, 1.807) is 0 Å². The predicted octanol–water partition coefficient (Wildman–Crippen LogP) is 6.48. The molecule has 1 aromatic carbocycles. The van der Waals surface area contributed by atoms with E-state index in [1.807, 2.05) is 0 Å². The summed E-state index contributed by atoms with van der Waals surface area (Å²) in [6.07, 6.45) is 9.17. The van der Waals surface area contributed by atoms with E-state index in [-0.39, 0.29) is 4.75 Å². The second-order valence-electron chi connectivity index (χ2n) is 7.71. The van der Waals surface area contributed by atoms with Crippen molar-refractivity contribution in [3.05, 3.63) is 41.0 Å². The summed E-state index contributed by atoms with van der Waals surface area (Å²) >= 11 is 4.63. The molecule has 0 N–H and O–H groups in total. The van der Waals surface area contributed by atoms with Crippen LogP contribution in [-0.2, 0) is 6.42 Å². The van der Waals surface area contributed by atoms with Crippen molar-refractivity contribution in [1.82, 2.24) is 0 Å². The number of thiol groups is 1. The predicted molar refractivity (Wildman–Crippen MR) is 100 cm³/mol. The monoisotopic (exact) mass is 304 g/mol. The molecule has 1 rings (SSSR count). The third-order valence-electron chi connectivity index (χ3n) is 3.96.